The fourth-order valence-corrected chi connectivity index (χ4v) is 2.57. The van der Waals surface area contributed by atoms with E-state index in [2.05, 4.69) is 10.5 Å². The largest absolute Gasteiger partial charge is 0.497 e. The van der Waals surface area contributed by atoms with E-state index < -0.39 is 0 Å². The normalized spacial score (nSPS) is 10.6. The van der Waals surface area contributed by atoms with Gasteiger partial charge < -0.3 is 9.47 Å². The van der Waals surface area contributed by atoms with E-state index in [-0.39, 0.29) is 12.3 Å². The second-order valence-electron chi connectivity index (χ2n) is 6.16. The first-order chi connectivity index (χ1) is 13.7. The number of hydrazone groups is 1. The highest BCUT2D eigenvalue weighted by atomic mass is 16.5. The number of amides is 1. The van der Waals surface area contributed by atoms with E-state index in [4.69, 9.17) is 9.47 Å². The topological polar surface area (TPSA) is 59.9 Å². The van der Waals surface area contributed by atoms with Crippen LogP contribution in [0.15, 0.2) is 84.0 Å². The smallest absolute Gasteiger partial charge is 0.244 e. The molecule has 0 saturated heterocycles. The summed E-state index contributed by atoms with van der Waals surface area (Å²) in [4.78, 5) is 12.0. The van der Waals surface area contributed by atoms with Gasteiger partial charge in [-0.25, -0.2) is 5.43 Å². The van der Waals surface area contributed by atoms with Crippen LogP contribution in [0.5, 0.6) is 11.5 Å². The van der Waals surface area contributed by atoms with Gasteiger partial charge in [0.1, 0.15) is 18.1 Å². The maximum atomic E-state index is 12.0. The Hall–Kier alpha value is -3.60. The summed E-state index contributed by atoms with van der Waals surface area (Å²) < 4.78 is 10.9. The molecule has 0 atom stereocenters. The molecule has 0 fully saturated rings. The first-order valence-corrected chi connectivity index (χ1v) is 8.94. The van der Waals surface area contributed by atoms with Crippen LogP contribution < -0.4 is 14.9 Å². The number of rotatable bonds is 8. The van der Waals surface area contributed by atoms with Crippen molar-refractivity contribution in [2.24, 2.45) is 5.10 Å². The zero-order valence-electron chi connectivity index (χ0n) is 15.7. The van der Waals surface area contributed by atoms with Crippen molar-refractivity contribution in [1.29, 1.82) is 0 Å². The van der Waals surface area contributed by atoms with Crippen LogP contribution in [0.1, 0.15) is 16.7 Å². The summed E-state index contributed by atoms with van der Waals surface area (Å²) in [6, 6.07) is 24.9. The van der Waals surface area contributed by atoms with Crippen molar-refractivity contribution in [3.63, 3.8) is 0 Å². The number of carbonyl (C=O) groups excluding carboxylic acids is 1. The van der Waals surface area contributed by atoms with Gasteiger partial charge in [-0.1, -0.05) is 54.6 Å². The molecule has 0 unspecified atom stereocenters. The summed E-state index contributed by atoms with van der Waals surface area (Å²) in [7, 11) is 1.61. The number of nitrogens with zero attached hydrogens (tertiary/aromatic N) is 1. The lowest BCUT2D eigenvalue weighted by Crippen LogP contribution is -2.19. The monoisotopic (exact) mass is 374 g/mol. The molecular formula is C23H22N2O3. The van der Waals surface area contributed by atoms with Crippen molar-refractivity contribution in [2.75, 3.05) is 7.11 Å². The van der Waals surface area contributed by atoms with E-state index in [1.807, 2.05) is 78.9 Å². The lowest BCUT2D eigenvalue weighted by atomic mass is 10.1. The van der Waals surface area contributed by atoms with Gasteiger partial charge in [-0.05, 0) is 41.0 Å². The van der Waals surface area contributed by atoms with E-state index in [9.17, 15) is 4.79 Å². The molecule has 3 aromatic carbocycles. The van der Waals surface area contributed by atoms with Crippen LogP contribution >= 0.6 is 0 Å². The highest BCUT2D eigenvalue weighted by molar-refractivity contribution is 5.83. The fraction of sp³-hybridized carbons (Fsp3) is 0.130. The molecule has 28 heavy (non-hydrogen) atoms. The van der Waals surface area contributed by atoms with Crippen LogP contribution in [-0.4, -0.2) is 19.2 Å². The second kappa shape index (κ2) is 9.92. The number of ether oxygens (including phenoxy) is 2. The summed E-state index contributed by atoms with van der Waals surface area (Å²) >= 11 is 0. The number of methoxy groups -OCH3 is 1. The SMILES string of the molecule is COc1ccc(CC(=O)N/N=C\c2cccc(OCc3ccccc3)c2)cc1. The van der Waals surface area contributed by atoms with Gasteiger partial charge in [0.15, 0.2) is 0 Å². The van der Waals surface area contributed by atoms with Gasteiger partial charge in [0.2, 0.25) is 5.91 Å². The number of benzene rings is 3. The number of hydrogen-bond donors (Lipinski definition) is 1. The average Bonchev–Trinajstić information content (AvgIpc) is 2.74. The third-order valence-electron chi connectivity index (χ3n) is 4.03. The Morgan fingerprint density at radius 2 is 1.71 bits per heavy atom. The van der Waals surface area contributed by atoms with Crippen molar-refractivity contribution >= 4 is 12.1 Å². The molecule has 0 heterocycles. The maximum absolute atomic E-state index is 12.0. The molecule has 142 valence electrons. The van der Waals surface area contributed by atoms with Crippen molar-refractivity contribution < 1.29 is 14.3 Å². The minimum absolute atomic E-state index is 0.183. The summed E-state index contributed by atoms with van der Waals surface area (Å²) in [5.74, 6) is 1.33. The molecular weight excluding hydrogens is 352 g/mol. The molecule has 5 heteroatoms. The maximum Gasteiger partial charge on any atom is 0.244 e. The van der Waals surface area contributed by atoms with Crippen LogP contribution in [0.25, 0.3) is 0 Å². The highest BCUT2D eigenvalue weighted by Crippen LogP contribution is 2.14. The fourth-order valence-electron chi connectivity index (χ4n) is 2.57. The van der Waals surface area contributed by atoms with E-state index in [0.717, 1.165) is 28.2 Å². The van der Waals surface area contributed by atoms with Gasteiger partial charge in [-0.3, -0.25) is 4.79 Å². The van der Waals surface area contributed by atoms with Crippen LogP contribution in [0.2, 0.25) is 0 Å². The van der Waals surface area contributed by atoms with Crippen molar-refractivity contribution in [3.8, 4) is 11.5 Å². The quantitative estimate of drug-likeness (QED) is 0.479. The molecule has 0 radical (unpaired) electrons. The molecule has 3 aromatic rings. The highest BCUT2D eigenvalue weighted by Gasteiger charge is 2.02. The summed E-state index contributed by atoms with van der Waals surface area (Å²) in [5, 5.41) is 4.03. The summed E-state index contributed by atoms with van der Waals surface area (Å²) in [6.45, 7) is 0.500. The number of hydrogen-bond acceptors (Lipinski definition) is 4. The Morgan fingerprint density at radius 3 is 2.46 bits per heavy atom. The van der Waals surface area contributed by atoms with Crippen molar-refractivity contribution in [1.82, 2.24) is 5.43 Å². The van der Waals surface area contributed by atoms with Gasteiger partial charge in [-0.15, -0.1) is 0 Å². The summed E-state index contributed by atoms with van der Waals surface area (Å²) in [5.41, 5.74) is 5.38. The summed E-state index contributed by atoms with van der Waals surface area (Å²) in [6.07, 6.45) is 1.85. The zero-order valence-corrected chi connectivity index (χ0v) is 15.7. The van der Waals surface area contributed by atoms with E-state index in [1.165, 1.54) is 0 Å². The molecule has 5 nitrogen and oxygen atoms in total. The number of nitrogens with one attached hydrogen (secondary N) is 1. The average molecular weight is 374 g/mol. The molecule has 0 saturated carbocycles. The molecule has 0 aromatic heterocycles. The molecule has 3 rings (SSSR count). The van der Waals surface area contributed by atoms with Gasteiger partial charge in [0.25, 0.3) is 0 Å². The Bertz CT molecular complexity index is 922. The molecule has 0 bridgehead atoms. The standard InChI is InChI=1S/C23H22N2O3/c1-27-21-12-10-18(11-13-21)15-23(26)25-24-16-20-8-5-9-22(14-20)28-17-19-6-3-2-4-7-19/h2-14,16H,15,17H2,1H3,(H,25,26)/b24-16-. The molecule has 0 aliphatic carbocycles. The molecule has 0 aliphatic rings. The first kappa shape index (κ1) is 19.2. The third-order valence-corrected chi connectivity index (χ3v) is 4.03. The lowest BCUT2D eigenvalue weighted by molar-refractivity contribution is -0.120. The Balaban J connectivity index is 1.50. The van der Waals surface area contributed by atoms with E-state index >= 15 is 0 Å². The Labute approximate surface area is 164 Å². The third kappa shape index (κ3) is 5.99. The van der Waals surface area contributed by atoms with Gasteiger partial charge in [0, 0.05) is 0 Å². The van der Waals surface area contributed by atoms with Gasteiger partial charge >= 0.3 is 0 Å². The predicted octanol–water partition coefficient (Wildman–Crippen LogP) is 3.97. The predicted molar refractivity (Wildman–Crippen MR) is 110 cm³/mol. The zero-order chi connectivity index (χ0) is 19.6. The van der Waals surface area contributed by atoms with Crippen LogP contribution in [0.3, 0.4) is 0 Å². The Morgan fingerprint density at radius 1 is 0.929 bits per heavy atom. The lowest BCUT2D eigenvalue weighted by Gasteiger charge is -2.06. The molecule has 1 amide bonds. The van der Waals surface area contributed by atoms with E-state index in [0.29, 0.717) is 6.61 Å². The van der Waals surface area contributed by atoms with Crippen LogP contribution in [0.4, 0.5) is 0 Å². The van der Waals surface area contributed by atoms with Crippen LogP contribution in [0, 0.1) is 0 Å². The second-order valence-corrected chi connectivity index (χ2v) is 6.16. The van der Waals surface area contributed by atoms with Gasteiger partial charge in [0.05, 0.1) is 19.7 Å². The van der Waals surface area contributed by atoms with Gasteiger partial charge in [-0.2, -0.15) is 5.10 Å². The minimum Gasteiger partial charge on any atom is -0.497 e. The molecule has 0 aliphatic heterocycles. The van der Waals surface area contributed by atoms with Crippen molar-refractivity contribution in [3.05, 3.63) is 95.6 Å². The van der Waals surface area contributed by atoms with Crippen LogP contribution in [-0.2, 0) is 17.8 Å². The number of carbonyl (C=O) groups is 1. The first-order valence-electron chi connectivity index (χ1n) is 8.94. The molecule has 1 N–H and O–H groups in total. The molecule has 0 spiro atoms. The minimum atomic E-state index is -0.183. The Kier molecular flexibility index (Phi) is 6.79. The van der Waals surface area contributed by atoms with E-state index in [1.54, 1.807) is 13.3 Å². The van der Waals surface area contributed by atoms with Crippen molar-refractivity contribution in [2.45, 2.75) is 13.0 Å².